The molecule has 1 aliphatic carbocycles. The van der Waals surface area contributed by atoms with Crippen molar-refractivity contribution in [1.29, 1.82) is 0 Å². The highest BCUT2D eigenvalue weighted by Crippen LogP contribution is 2.36. The summed E-state index contributed by atoms with van der Waals surface area (Å²) in [6, 6.07) is 16.1. The van der Waals surface area contributed by atoms with Crippen molar-refractivity contribution in [2.75, 3.05) is 27.2 Å². The molecule has 0 unspecified atom stereocenters. The van der Waals surface area contributed by atoms with E-state index in [-0.39, 0.29) is 36.2 Å². The molecule has 1 fully saturated rings. The molecule has 1 saturated carbocycles. The fourth-order valence-corrected chi connectivity index (χ4v) is 5.28. The van der Waals surface area contributed by atoms with Crippen molar-refractivity contribution < 1.29 is 14.3 Å². The Hall–Kier alpha value is -2.57. The van der Waals surface area contributed by atoms with Crippen molar-refractivity contribution in [3.05, 3.63) is 64.7 Å². The first-order chi connectivity index (χ1) is 17.3. The Morgan fingerprint density at radius 2 is 1.78 bits per heavy atom. The first kappa shape index (κ1) is 28.0. The Morgan fingerprint density at radius 3 is 2.47 bits per heavy atom. The van der Waals surface area contributed by atoms with Crippen molar-refractivity contribution >= 4 is 23.4 Å². The summed E-state index contributed by atoms with van der Waals surface area (Å²) in [7, 11) is 4.27. The van der Waals surface area contributed by atoms with Gasteiger partial charge in [0.1, 0.15) is 5.75 Å². The van der Waals surface area contributed by atoms with E-state index in [1.807, 2.05) is 49.4 Å². The van der Waals surface area contributed by atoms with Crippen LogP contribution in [-0.4, -0.2) is 55.5 Å². The molecule has 3 rings (SSSR count). The molecular formula is C29H40ClN3O3. The largest absolute Gasteiger partial charge is 0.494 e. The number of likely N-dealkylation sites (N-methyl/N-ethyl adjacent to an activating group) is 1. The van der Waals surface area contributed by atoms with E-state index < -0.39 is 0 Å². The molecule has 0 radical (unpaired) electrons. The number of benzene rings is 2. The standard InChI is InChI=1S/C29H40ClN3O3/c1-4-36-26-11-6-5-9-23(26)16-19-31-27(34)12-13-28(35)32-25-14-17-29(18-15-25,33(2)3)21-22-8-7-10-24(30)20-22/h5-11,20,25H,4,12-19,21H2,1-3H3,(H,31,34)(H,32,35). The van der Waals surface area contributed by atoms with Crippen LogP contribution in [0, 0.1) is 0 Å². The van der Waals surface area contributed by atoms with Gasteiger partial charge in [0.25, 0.3) is 0 Å². The monoisotopic (exact) mass is 513 g/mol. The zero-order chi connectivity index (χ0) is 26.0. The number of halogens is 1. The highest BCUT2D eigenvalue weighted by Gasteiger charge is 2.37. The van der Waals surface area contributed by atoms with E-state index in [9.17, 15) is 9.59 Å². The second-order valence-corrected chi connectivity index (χ2v) is 10.3. The Bertz CT molecular complexity index is 1000. The van der Waals surface area contributed by atoms with Crippen molar-refractivity contribution in [1.82, 2.24) is 15.5 Å². The number of para-hydroxylation sites is 1. The summed E-state index contributed by atoms with van der Waals surface area (Å²) >= 11 is 6.20. The lowest BCUT2D eigenvalue weighted by Gasteiger charge is -2.45. The lowest BCUT2D eigenvalue weighted by Crippen LogP contribution is -2.52. The van der Waals surface area contributed by atoms with Crippen LogP contribution < -0.4 is 15.4 Å². The molecule has 2 N–H and O–H groups in total. The average molecular weight is 514 g/mol. The molecule has 0 spiro atoms. The van der Waals surface area contributed by atoms with E-state index in [0.29, 0.717) is 19.6 Å². The number of amides is 2. The molecule has 1 aliphatic rings. The minimum atomic E-state index is -0.101. The van der Waals surface area contributed by atoms with Gasteiger partial charge in [0, 0.05) is 36.0 Å². The highest BCUT2D eigenvalue weighted by atomic mass is 35.5. The number of nitrogens with zero attached hydrogens (tertiary/aromatic N) is 1. The van der Waals surface area contributed by atoms with E-state index in [4.69, 9.17) is 16.3 Å². The van der Waals surface area contributed by atoms with Gasteiger partial charge >= 0.3 is 0 Å². The van der Waals surface area contributed by atoms with E-state index >= 15 is 0 Å². The Morgan fingerprint density at radius 1 is 1.06 bits per heavy atom. The van der Waals surface area contributed by atoms with Gasteiger partial charge in [-0.05, 0) is 88.9 Å². The third-order valence-corrected chi connectivity index (χ3v) is 7.46. The topological polar surface area (TPSA) is 70.7 Å². The molecule has 196 valence electrons. The number of hydrogen-bond acceptors (Lipinski definition) is 4. The molecule has 2 aromatic rings. The molecule has 36 heavy (non-hydrogen) atoms. The average Bonchev–Trinajstić information content (AvgIpc) is 2.85. The van der Waals surface area contributed by atoms with Gasteiger partial charge in [-0.25, -0.2) is 0 Å². The van der Waals surface area contributed by atoms with Crippen LogP contribution in [0.1, 0.15) is 56.6 Å². The number of hydrogen-bond donors (Lipinski definition) is 2. The SMILES string of the molecule is CCOc1ccccc1CCNC(=O)CCC(=O)NC1CCC(Cc2cccc(Cl)c2)(N(C)C)CC1. The van der Waals surface area contributed by atoms with Crippen molar-refractivity contribution in [3.8, 4) is 5.75 Å². The predicted molar refractivity (Wildman–Crippen MR) is 146 cm³/mol. The molecule has 0 atom stereocenters. The zero-order valence-electron chi connectivity index (χ0n) is 21.8. The number of ether oxygens (including phenoxy) is 1. The van der Waals surface area contributed by atoms with E-state index in [0.717, 1.165) is 48.4 Å². The summed E-state index contributed by atoms with van der Waals surface area (Å²) in [5.74, 6) is 0.701. The van der Waals surface area contributed by atoms with Gasteiger partial charge < -0.3 is 20.3 Å². The molecular weight excluding hydrogens is 474 g/mol. The number of nitrogens with one attached hydrogen (secondary N) is 2. The van der Waals surface area contributed by atoms with Crippen LogP contribution in [0.2, 0.25) is 5.02 Å². The number of rotatable bonds is 12. The zero-order valence-corrected chi connectivity index (χ0v) is 22.6. The van der Waals surface area contributed by atoms with Gasteiger partial charge in [-0.3, -0.25) is 9.59 Å². The maximum atomic E-state index is 12.5. The smallest absolute Gasteiger partial charge is 0.220 e. The lowest BCUT2D eigenvalue weighted by atomic mass is 9.75. The third kappa shape index (κ3) is 8.24. The second-order valence-electron chi connectivity index (χ2n) is 9.91. The van der Waals surface area contributed by atoms with E-state index in [2.05, 4.69) is 35.7 Å². The fraction of sp³-hybridized carbons (Fsp3) is 0.517. The van der Waals surface area contributed by atoms with Gasteiger partial charge in [-0.15, -0.1) is 0 Å². The maximum Gasteiger partial charge on any atom is 0.220 e. The second kappa shape index (κ2) is 13.7. The third-order valence-electron chi connectivity index (χ3n) is 7.22. The van der Waals surface area contributed by atoms with Crippen molar-refractivity contribution in [3.63, 3.8) is 0 Å². The van der Waals surface area contributed by atoms with E-state index in [1.165, 1.54) is 5.56 Å². The van der Waals surface area contributed by atoms with Crippen LogP contribution in [0.3, 0.4) is 0 Å². The van der Waals surface area contributed by atoms with Gasteiger partial charge in [0.15, 0.2) is 0 Å². The van der Waals surface area contributed by atoms with Crippen molar-refractivity contribution in [2.24, 2.45) is 0 Å². The van der Waals surface area contributed by atoms with Gasteiger partial charge in [0.2, 0.25) is 11.8 Å². The Labute approximate surface area is 220 Å². The van der Waals surface area contributed by atoms with Crippen LogP contribution in [0.4, 0.5) is 0 Å². The van der Waals surface area contributed by atoms with E-state index in [1.54, 1.807) is 0 Å². The van der Waals surface area contributed by atoms with Gasteiger partial charge in [0.05, 0.1) is 6.61 Å². The molecule has 0 saturated heterocycles. The summed E-state index contributed by atoms with van der Waals surface area (Å²) in [6.45, 7) is 3.08. The number of carbonyl (C=O) groups is 2. The summed E-state index contributed by atoms with van der Waals surface area (Å²) in [6.07, 6.45) is 5.89. The van der Waals surface area contributed by atoms with Crippen molar-refractivity contribution in [2.45, 2.75) is 69.9 Å². The molecule has 2 amide bonds. The Balaban J connectivity index is 1.38. The van der Waals surface area contributed by atoms with Crippen LogP contribution >= 0.6 is 11.6 Å². The minimum Gasteiger partial charge on any atom is -0.494 e. The maximum absolute atomic E-state index is 12.5. The summed E-state index contributed by atoms with van der Waals surface area (Å²) in [4.78, 5) is 27.1. The summed E-state index contributed by atoms with van der Waals surface area (Å²) < 4.78 is 5.63. The quantitative estimate of drug-likeness (QED) is 0.428. The summed E-state index contributed by atoms with van der Waals surface area (Å²) in [5, 5.41) is 6.84. The molecule has 0 heterocycles. The first-order valence-corrected chi connectivity index (χ1v) is 13.4. The minimum absolute atomic E-state index is 0.0518. The molecule has 0 aliphatic heterocycles. The first-order valence-electron chi connectivity index (χ1n) is 13.0. The predicted octanol–water partition coefficient (Wildman–Crippen LogP) is 4.78. The normalized spacial score (nSPS) is 19.6. The van der Waals surface area contributed by atoms with Crippen LogP contribution in [0.5, 0.6) is 5.75 Å². The van der Waals surface area contributed by atoms with Crippen LogP contribution in [-0.2, 0) is 22.4 Å². The van der Waals surface area contributed by atoms with Crippen LogP contribution in [0.25, 0.3) is 0 Å². The van der Waals surface area contributed by atoms with Gasteiger partial charge in [-0.2, -0.15) is 0 Å². The molecule has 0 bridgehead atoms. The summed E-state index contributed by atoms with van der Waals surface area (Å²) in [5.41, 5.74) is 2.37. The lowest BCUT2D eigenvalue weighted by molar-refractivity contribution is -0.127. The highest BCUT2D eigenvalue weighted by molar-refractivity contribution is 6.30. The molecule has 7 heteroatoms. The fourth-order valence-electron chi connectivity index (χ4n) is 5.07. The molecule has 6 nitrogen and oxygen atoms in total. The molecule has 0 aromatic heterocycles. The van der Waals surface area contributed by atoms with Crippen LogP contribution in [0.15, 0.2) is 48.5 Å². The molecule has 2 aromatic carbocycles. The Kier molecular flexibility index (Phi) is 10.6. The van der Waals surface area contributed by atoms with Gasteiger partial charge in [-0.1, -0.05) is 41.9 Å². The number of carbonyl (C=O) groups excluding carboxylic acids is 2.